The van der Waals surface area contributed by atoms with E-state index >= 15 is 0 Å². The van der Waals surface area contributed by atoms with Gasteiger partial charge in [-0.3, -0.25) is 9.78 Å². The van der Waals surface area contributed by atoms with Crippen molar-refractivity contribution in [2.24, 2.45) is 0 Å². The zero-order chi connectivity index (χ0) is 15.3. The Morgan fingerprint density at radius 3 is 2.81 bits per heavy atom. The highest BCUT2D eigenvalue weighted by molar-refractivity contribution is 6.00. The number of benzene rings is 1. The van der Waals surface area contributed by atoms with Crippen molar-refractivity contribution in [3.63, 3.8) is 0 Å². The Balaban J connectivity index is 1.90. The smallest absolute Gasteiger partial charge is 0.372 e. The standard InChI is InChI=1S/C14H13F3N2O2/c15-14(16,17)9-21-8-6-13(20)19-12-5-1-4-11-10(12)3-2-7-18-11/h1-5,7H,6,8-9H2,(H,19,20). The minimum atomic E-state index is -4.38. The molecule has 0 aliphatic rings. The number of rotatable bonds is 5. The average Bonchev–Trinajstić information content (AvgIpc) is 2.43. The van der Waals surface area contributed by atoms with Gasteiger partial charge < -0.3 is 10.1 Å². The summed E-state index contributed by atoms with van der Waals surface area (Å²) in [5.41, 5.74) is 1.30. The summed E-state index contributed by atoms with van der Waals surface area (Å²) < 4.78 is 40.0. The monoisotopic (exact) mass is 298 g/mol. The average molecular weight is 298 g/mol. The first kappa shape index (κ1) is 15.2. The molecular formula is C14H13F3N2O2. The molecule has 0 saturated carbocycles. The van der Waals surface area contributed by atoms with Gasteiger partial charge in [0.1, 0.15) is 6.61 Å². The molecule has 0 aliphatic heterocycles. The highest BCUT2D eigenvalue weighted by Crippen LogP contribution is 2.21. The van der Waals surface area contributed by atoms with E-state index in [2.05, 4.69) is 15.0 Å². The number of hydrogen-bond donors (Lipinski definition) is 1. The largest absolute Gasteiger partial charge is 0.411 e. The van der Waals surface area contributed by atoms with Crippen LogP contribution >= 0.6 is 0 Å². The number of amides is 1. The molecule has 0 bridgehead atoms. The van der Waals surface area contributed by atoms with Crippen LogP contribution in [-0.2, 0) is 9.53 Å². The lowest BCUT2D eigenvalue weighted by molar-refractivity contribution is -0.174. The van der Waals surface area contributed by atoms with Gasteiger partial charge in [0.05, 0.1) is 24.2 Å². The van der Waals surface area contributed by atoms with E-state index < -0.39 is 18.7 Å². The molecule has 1 amide bonds. The van der Waals surface area contributed by atoms with Crippen molar-refractivity contribution in [3.8, 4) is 0 Å². The third-order valence-electron chi connectivity index (χ3n) is 2.66. The number of halogens is 3. The molecular weight excluding hydrogens is 285 g/mol. The number of anilines is 1. The van der Waals surface area contributed by atoms with Gasteiger partial charge in [-0.15, -0.1) is 0 Å². The summed E-state index contributed by atoms with van der Waals surface area (Å²) in [5, 5.41) is 3.41. The SMILES string of the molecule is O=C(CCOCC(F)(F)F)Nc1cccc2ncccc12. The van der Waals surface area contributed by atoms with E-state index in [1.54, 1.807) is 36.5 Å². The molecule has 2 aromatic rings. The van der Waals surface area contributed by atoms with E-state index in [1.165, 1.54) is 0 Å². The van der Waals surface area contributed by atoms with Crippen molar-refractivity contribution >= 4 is 22.5 Å². The Morgan fingerprint density at radius 1 is 1.24 bits per heavy atom. The second kappa shape index (κ2) is 6.53. The predicted octanol–water partition coefficient (Wildman–Crippen LogP) is 3.14. The maximum Gasteiger partial charge on any atom is 0.411 e. The van der Waals surface area contributed by atoms with Crippen molar-refractivity contribution in [2.45, 2.75) is 12.6 Å². The van der Waals surface area contributed by atoms with E-state index in [0.29, 0.717) is 5.69 Å². The van der Waals surface area contributed by atoms with Crippen LogP contribution in [0.4, 0.5) is 18.9 Å². The highest BCUT2D eigenvalue weighted by Gasteiger charge is 2.27. The fourth-order valence-corrected chi connectivity index (χ4v) is 1.78. The summed E-state index contributed by atoms with van der Waals surface area (Å²) in [4.78, 5) is 15.8. The third kappa shape index (κ3) is 4.71. The van der Waals surface area contributed by atoms with Crippen molar-refractivity contribution in [1.82, 2.24) is 4.98 Å². The minimum absolute atomic E-state index is 0.146. The number of nitrogens with one attached hydrogen (secondary N) is 1. The lowest BCUT2D eigenvalue weighted by Gasteiger charge is -2.09. The first-order valence-electron chi connectivity index (χ1n) is 6.24. The minimum Gasteiger partial charge on any atom is -0.372 e. The number of ether oxygens (including phenoxy) is 1. The highest BCUT2D eigenvalue weighted by atomic mass is 19.4. The van der Waals surface area contributed by atoms with Gasteiger partial charge in [0.15, 0.2) is 0 Å². The number of pyridine rings is 1. The summed E-state index contributed by atoms with van der Waals surface area (Å²) >= 11 is 0. The Labute approximate surface area is 118 Å². The van der Waals surface area contributed by atoms with Crippen LogP contribution < -0.4 is 5.32 Å². The maximum absolute atomic E-state index is 11.9. The Bertz CT molecular complexity index is 624. The summed E-state index contributed by atoms with van der Waals surface area (Å²) in [7, 11) is 0. The van der Waals surface area contributed by atoms with Crippen molar-refractivity contribution in [3.05, 3.63) is 36.5 Å². The number of hydrogen-bond acceptors (Lipinski definition) is 3. The fraction of sp³-hybridized carbons (Fsp3) is 0.286. The zero-order valence-corrected chi connectivity index (χ0v) is 11.0. The molecule has 1 aromatic carbocycles. The van der Waals surface area contributed by atoms with E-state index in [-0.39, 0.29) is 13.0 Å². The van der Waals surface area contributed by atoms with Gasteiger partial charge in [0.2, 0.25) is 5.91 Å². The molecule has 0 unspecified atom stereocenters. The van der Waals surface area contributed by atoms with Gasteiger partial charge in [0.25, 0.3) is 0 Å². The number of carbonyl (C=O) groups is 1. The van der Waals surface area contributed by atoms with Gasteiger partial charge in [-0.25, -0.2) is 0 Å². The zero-order valence-electron chi connectivity index (χ0n) is 11.0. The van der Waals surface area contributed by atoms with Crippen LogP contribution in [0.25, 0.3) is 10.9 Å². The summed E-state index contributed by atoms with van der Waals surface area (Å²) in [6, 6.07) is 8.80. The van der Waals surface area contributed by atoms with Gasteiger partial charge >= 0.3 is 6.18 Å². The van der Waals surface area contributed by atoms with Crippen LogP contribution in [-0.4, -0.2) is 30.3 Å². The topological polar surface area (TPSA) is 51.2 Å². The lowest BCUT2D eigenvalue weighted by Crippen LogP contribution is -2.20. The molecule has 0 aliphatic carbocycles. The van der Waals surface area contributed by atoms with Crippen molar-refractivity contribution in [1.29, 1.82) is 0 Å². The fourth-order valence-electron chi connectivity index (χ4n) is 1.78. The van der Waals surface area contributed by atoms with Crippen LogP contribution in [0.5, 0.6) is 0 Å². The predicted molar refractivity (Wildman–Crippen MR) is 71.9 cm³/mol. The first-order valence-corrected chi connectivity index (χ1v) is 6.24. The van der Waals surface area contributed by atoms with Gasteiger partial charge in [-0.1, -0.05) is 6.07 Å². The van der Waals surface area contributed by atoms with E-state index in [0.717, 1.165) is 10.9 Å². The Morgan fingerprint density at radius 2 is 2.05 bits per heavy atom. The molecule has 1 N–H and O–H groups in total. The maximum atomic E-state index is 11.9. The summed E-state index contributed by atoms with van der Waals surface area (Å²) in [6.45, 7) is -1.63. The van der Waals surface area contributed by atoms with Crippen LogP contribution in [0.15, 0.2) is 36.5 Å². The first-order chi connectivity index (χ1) is 9.96. The molecule has 1 aromatic heterocycles. The molecule has 1 heterocycles. The van der Waals surface area contributed by atoms with Crippen LogP contribution in [0.3, 0.4) is 0 Å². The van der Waals surface area contributed by atoms with Crippen LogP contribution in [0.2, 0.25) is 0 Å². The summed E-state index contributed by atoms with van der Waals surface area (Å²) in [5.74, 6) is -0.409. The van der Waals surface area contributed by atoms with Gasteiger partial charge in [0, 0.05) is 11.6 Å². The normalized spacial score (nSPS) is 11.6. The molecule has 21 heavy (non-hydrogen) atoms. The second-order valence-electron chi connectivity index (χ2n) is 4.34. The quantitative estimate of drug-likeness (QED) is 0.863. The van der Waals surface area contributed by atoms with Crippen molar-refractivity contribution < 1.29 is 22.7 Å². The molecule has 0 spiro atoms. The molecule has 7 heteroatoms. The number of aromatic nitrogens is 1. The molecule has 0 saturated heterocycles. The molecule has 0 fully saturated rings. The Hall–Kier alpha value is -2.15. The lowest BCUT2D eigenvalue weighted by atomic mass is 10.2. The molecule has 0 atom stereocenters. The van der Waals surface area contributed by atoms with Gasteiger partial charge in [-0.2, -0.15) is 13.2 Å². The summed E-state index contributed by atoms with van der Waals surface area (Å²) in [6.07, 6.45) is -2.89. The van der Waals surface area contributed by atoms with Gasteiger partial charge in [-0.05, 0) is 24.3 Å². The van der Waals surface area contributed by atoms with Crippen LogP contribution in [0.1, 0.15) is 6.42 Å². The van der Waals surface area contributed by atoms with E-state index in [4.69, 9.17) is 0 Å². The molecule has 0 radical (unpaired) electrons. The Kier molecular flexibility index (Phi) is 4.74. The number of carbonyl (C=O) groups excluding carboxylic acids is 1. The third-order valence-corrected chi connectivity index (χ3v) is 2.66. The van der Waals surface area contributed by atoms with Crippen LogP contribution in [0, 0.1) is 0 Å². The number of alkyl halides is 3. The number of nitrogens with zero attached hydrogens (tertiary/aromatic N) is 1. The molecule has 4 nitrogen and oxygen atoms in total. The molecule has 2 rings (SSSR count). The van der Waals surface area contributed by atoms with E-state index in [1.807, 2.05) is 0 Å². The number of fused-ring (bicyclic) bond motifs is 1. The molecule has 112 valence electrons. The van der Waals surface area contributed by atoms with Crippen molar-refractivity contribution in [2.75, 3.05) is 18.5 Å². The second-order valence-corrected chi connectivity index (χ2v) is 4.34. The van der Waals surface area contributed by atoms with E-state index in [9.17, 15) is 18.0 Å².